The molecule has 0 radical (unpaired) electrons. The number of rotatable bonds is 8. The van der Waals surface area contributed by atoms with E-state index < -0.39 is 0 Å². The first-order chi connectivity index (χ1) is 11.8. The van der Waals surface area contributed by atoms with Gasteiger partial charge in [0.15, 0.2) is 5.96 Å². The Bertz CT molecular complexity index is 358. The summed E-state index contributed by atoms with van der Waals surface area (Å²) < 4.78 is 0. The van der Waals surface area contributed by atoms with Crippen LogP contribution in [0.25, 0.3) is 0 Å². The number of halogens is 1. The summed E-state index contributed by atoms with van der Waals surface area (Å²) in [5.74, 6) is 1.85. The van der Waals surface area contributed by atoms with Crippen LogP contribution >= 0.6 is 24.0 Å². The molecule has 0 bridgehead atoms. The van der Waals surface area contributed by atoms with Crippen molar-refractivity contribution in [2.45, 2.75) is 51.9 Å². The molecule has 0 aromatic rings. The molecular formula is C19H40IN5. The van der Waals surface area contributed by atoms with Crippen LogP contribution in [0.2, 0.25) is 0 Å². The lowest BCUT2D eigenvalue weighted by Crippen LogP contribution is -2.43. The van der Waals surface area contributed by atoms with Gasteiger partial charge in [-0.2, -0.15) is 0 Å². The second kappa shape index (κ2) is 14.0. The quantitative estimate of drug-likeness (QED) is 0.251. The monoisotopic (exact) mass is 465 g/mol. The van der Waals surface area contributed by atoms with Gasteiger partial charge in [0.2, 0.25) is 0 Å². The highest BCUT2D eigenvalue weighted by Gasteiger charge is 2.15. The maximum Gasteiger partial charge on any atom is 0.191 e. The molecule has 148 valence electrons. The maximum atomic E-state index is 4.33. The van der Waals surface area contributed by atoms with Gasteiger partial charge in [0.05, 0.1) is 0 Å². The van der Waals surface area contributed by atoms with Gasteiger partial charge in [0.1, 0.15) is 0 Å². The predicted molar refractivity (Wildman–Crippen MR) is 119 cm³/mol. The van der Waals surface area contributed by atoms with Crippen LogP contribution in [0.4, 0.5) is 0 Å². The van der Waals surface area contributed by atoms with Gasteiger partial charge in [-0.25, -0.2) is 0 Å². The normalized spacial score (nSPS) is 23.1. The lowest BCUT2D eigenvalue weighted by atomic mass is 10.0. The molecule has 2 aliphatic heterocycles. The number of piperidine rings is 2. The average Bonchev–Trinajstić information content (AvgIpc) is 2.61. The van der Waals surface area contributed by atoms with Gasteiger partial charge < -0.3 is 20.4 Å². The van der Waals surface area contributed by atoms with Gasteiger partial charge in [0, 0.05) is 33.2 Å². The van der Waals surface area contributed by atoms with Crippen molar-refractivity contribution in [3.63, 3.8) is 0 Å². The van der Waals surface area contributed by atoms with Crippen LogP contribution in [0.1, 0.15) is 51.9 Å². The molecule has 1 unspecified atom stereocenters. The number of hydrogen-bond donors (Lipinski definition) is 2. The third kappa shape index (κ3) is 9.99. The molecule has 2 rings (SSSR count). The summed E-state index contributed by atoms with van der Waals surface area (Å²) in [5.41, 5.74) is 0. The van der Waals surface area contributed by atoms with E-state index in [0.29, 0.717) is 0 Å². The molecule has 2 fully saturated rings. The summed E-state index contributed by atoms with van der Waals surface area (Å²) in [7, 11) is 1.87. The number of guanidine groups is 1. The Kier molecular flexibility index (Phi) is 12.9. The van der Waals surface area contributed by atoms with Gasteiger partial charge in [0.25, 0.3) is 0 Å². The van der Waals surface area contributed by atoms with E-state index in [-0.39, 0.29) is 24.0 Å². The van der Waals surface area contributed by atoms with Crippen LogP contribution in [0, 0.1) is 5.92 Å². The fraction of sp³-hybridized carbons (Fsp3) is 0.947. The molecule has 1 atom stereocenters. The van der Waals surface area contributed by atoms with E-state index >= 15 is 0 Å². The minimum absolute atomic E-state index is 0. The first-order valence-corrected chi connectivity index (χ1v) is 10.2. The van der Waals surface area contributed by atoms with Crippen LogP contribution in [0.15, 0.2) is 4.99 Å². The van der Waals surface area contributed by atoms with Crippen molar-refractivity contribution in [1.82, 2.24) is 20.4 Å². The van der Waals surface area contributed by atoms with Crippen LogP contribution in [0.5, 0.6) is 0 Å². The summed E-state index contributed by atoms with van der Waals surface area (Å²) in [4.78, 5) is 9.53. The minimum Gasteiger partial charge on any atom is -0.356 e. The van der Waals surface area contributed by atoms with Crippen molar-refractivity contribution in [3.05, 3.63) is 0 Å². The van der Waals surface area contributed by atoms with Crippen molar-refractivity contribution in [2.24, 2.45) is 10.9 Å². The van der Waals surface area contributed by atoms with Crippen LogP contribution in [-0.2, 0) is 0 Å². The Morgan fingerprint density at radius 2 is 1.64 bits per heavy atom. The second-order valence-electron chi connectivity index (χ2n) is 7.58. The minimum atomic E-state index is 0. The zero-order chi connectivity index (χ0) is 17.0. The second-order valence-corrected chi connectivity index (χ2v) is 7.58. The SMILES string of the molecule is CN=C(NCCCCN1CCCC(C)C1)NCCN1CCCCC1.I. The lowest BCUT2D eigenvalue weighted by molar-refractivity contribution is 0.181. The highest BCUT2D eigenvalue weighted by atomic mass is 127. The molecule has 0 amide bonds. The van der Waals surface area contributed by atoms with Crippen LogP contribution in [-0.4, -0.2) is 75.2 Å². The summed E-state index contributed by atoms with van der Waals surface area (Å²) in [6.45, 7) is 11.9. The standard InChI is InChI=1S/C19H39N5.HI/c1-18-9-8-15-24(17-18)14-7-4-10-21-19(20-2)22-11-16-23-12-5-3-6-13-23;/h18H,3-17H2,1-2H3,(H2,20,21,22);1H. The fourth-order valence-corrected chi connectivity index (χ4v) is 3.89. The first-order valence-electron chi connectivity index (χ1n) is 10.2. The van der Waals surface area contributed by atoms with E-state index in [1.54, 1.807) is 0 Å². The summed E-state index contributed by atoms with van der Waals surface area (Å²) in [6.07, 6.45) is 9.43. The topological polar surface area (TPSA) is 42.9 Å². The van der Waals surface area contributed by atoms with Gasteiger partial charge in [-0.1, -0.05) is 13.3 Å². The van der Waals surface area contributed by atoms with E-state index in [9.17, 15) is 0 Å². The van der Waals surface area contributed by atoms with Crippen molar-refractivity contribution >= 4 is 29.9 Å². The van der Waals surface area contributed by atoms with Crippen LogP contribution in [0.3, 0.4) is 0 Å². The molecule has 2 aliphatic rings. The Labute approximate surface area is 172 Å². The molecule has 2 heterocycles. The molecule has 0 aromatic heterocycles. The molecule has 0 aromatic carbocycles. The van der Waals surface area contributed by atoms with E-state index in [2.05, 4.69) is 32.3 Å². The molecule has 0 saturated carbocycles. The number of hydrogen-bond acceptors (Lipinski definition) is 3. The molecule has 5 nitrogen and oxygen atoms in total. The van der Waals surface area contributed by atoms with E-state index in [4.69, 9.17) is 0 Å². The molecule has 0 aliphatic carbocycles. The predicted octanol–water partition coefficient (Wildman–Crippen LogP) is 2.77. The highest BCUT2D eigenvalue weighted by molar-refractivity contribution is 14.0. The number of aliphatic imine (C=N–C) groups is 1. The van der Waals surface area contributed by atoms with Gasteiger partial charge in [-0.05, 0) is 70.6 Å². The van der Waals surface area contributed by atoms with E-state index in [0.717, 1.165) is 31.5 Å². The lowest BCUT2D eigenvalue weighted by Gasteiger charge is -2.30. The third-order valence-electron chi connectivity index (χ3n) is 5.33. The Morgan fingerprint density at radius 1 is 0.920 bits per heavy atom. The third-order valence-corrected chi connectivity index (χ3v) is 5.33. The molecule has 2 saturated heterocycles. The number of nitrogens with one attached hydrogen (secondary N) is 2. The number of nitrogens with zero attached hydrogens (tertiary/aromatic N) is 3. The molecule has 2 N–H and O–H groups in total. The summed E-state index contributed by atoms with van der Waals surface area (Å²) in [6, 6.07) is 0. The largest absolute Gasteiger partial charge is 0.356 e. The number of unbranched alkanes of at least 4 members (excludes halogenated alkanes) is 1. The van der Waals surface area contributed by atoms with Gasteiger partial charge in [-0.15, -0.1) is 24.0 Å². The van der Waals surface area contributed by atoms with Crippen molar-refractivity contribution in [3.8, 4) is 0 Å². The summed E-state index contributed by atoms with van der Waals surface area (Å²) in [5, 5.41) is 6.91. The number of likely N-dealkylation sites (tertiary alicyclic amines) is 2. The smallest absolute Gasteiger partial charge is 0.191 e. The molecular weight excluding hydrogens is 425 g/mol. The van der Waals surface area contributed by atoms with Gasteiger partial charge >= 0.3 is 0 Å². The molecule has 0 spiro atoms. The maximum absolute atomic E-state index is 4.33. The zero-order valence-corrected chi connectivity index (χ0v) is 18.8. The van der Waals surface area contributed by atoms with E-state index in [1.165, 1.54) is 77.7 Å². The van der Waals surface area contributed by atoms with Crippen molar-refractivity contribution < 1.29 is 0 Å². The molecule has 25 heavy (non-hydrogen) atoms. The highest BCUT2D eigenvalue weighted by Crippen LogP contribution is 2.15. The fourth-order valence-electron chi connectivity index (χ4n) is 3.89. The first kappa shape index (κ1) is 23.0. The Hall–Kier alpha value is -0.0800. The van der Waals surface area contributed by atoms with Crippen molar-refractivity contribution in [2.75, 3.05) is 59.4 Å². The van der Waals surface area contributed by atoms with E-state index in [1.807, 2.05) is 7.05 Å². The average molecular weight is 465 g/mol. The van der Waals surface area contributed by atoms with Crippen molar-refractivity contribution in [1.29, 1.82) is 0 Å². The molecule has 6 heteroatoms. The Balaban J connectivity index is 0.00000312. The van der Waals surface area contributed by atoms with Crippen LogP contribution < -0.4 is 10.6 Å². The van der Waals surface area contributed by atoms with Gasteiger partial charge in [-0.3, -0.25) is 4.99 Å². The zero-order valence-electron chi connectivity index (χ0n) is 16.4. The summed E-state index contributed by atoms with van der Waals surface area (Å²) >= 11 is 0. The Morgan fingerprint density at radius 3 is 2.36 bits per heavy atom.